The van der Waals surface area contributed by atoms with Crippen molar-refractivity contribution in [3.05, 3.63) is 84.9 Å². The van der Waals surface area contributed by atoms with Crippen molar-refractivity contribution >= 4 is 32.3 Å². The molecule has 0 aliphatic rings. The molecular formula is C24H22. The van der Waals surface area contributed by atoms with Crippen LogP contribution in [0.2, 0.25) is 0 Å². The van der Waals surface area contributed by atoms with E-state index in [2.05, 4.69) is 86.3 Å². The summed E-state index contributed by atoms with van der Waals surface area (Å²) in [5.74, 6) is 0.435. The van der Waals surface area contributed by atoms with Crippen molar-refractivity contribution in [2.75, 3.05) is 0 Å². The molecule has 0 saturated carbocycles. The molecule has 0 saturated heterocycles. The van der Waals surface area contributed by atoms with Crippen LogP contribution in [0.25, 0.3) is 32.3 Å². The van der Waals surface area contributed by atoms with E-state index < -0.39 is 0 Å². The van der Waals surface area contributed by atoms with Crippen molar-refractivity contribution in [2.45, 2.75) is 25.7 Å². The van der Waals surface area contributed by atoms with Gasteiger partial charge >= 0.3 is 0 Å². The first-order chi connectivity index (χ1) is 11.8. The Balaban J connectivity index is 2.11. The first-order valence-electron chi connectivity index (χ1n) is 8.79. The Hall–Kier alpha value is -2.60. The van der Waals surface area contributed by atoms with Crippen LogP contribution in [0.3, 0.4) is 0 Å². The summed E-state index contributed by atoms with van der Waals surface area (Å²) >= 11 is 0. The zero-order valence-electron chi connectivity index (χ0n) is 14.1. The van der Waals surface area contributed by atoms with Crippen LogP contribution in [0.5, 0.6) is 0 Å². The number of fused-ring (bicyclic) bond motifs is 6. The van der Waals surface area contributed by atoms with Gasteiger partial charge in [-0.25, -0.2) is 0 Å². The number of rotatable bonds is 4. The summed E-state index contributed by atoms with van der Waals surface area (Å²) in [6.07, 6.45) is 4.42. The Morgan fingerprint density at radius 1 is 0.750 bits per heavy atom. The topological polar surface area (TPSA) is 0 Å². The molecule has 4 aromatic carbocycles. The molecule has 0 bridgehead atoms. The Kier molecular flexibility index (Phi) is 3.82. The minimum absolute atomic E-state index is 0.435. The fourth-order valence-corrected chi connectivity index (χ4v) is 3.89. The number of hydrogen-bond donors (Lipinski definition) is 0. The maximum absolute atomic E-state index is 4.05. The lowest BCUT2D eigenvalue weighted by Crippen LogP contribution is -1.95. The molecule has 0 N–H and O–H groups in total. The second-order valence-electron chi connectivity index (χ2n) is 6.53. The SMILES string of the molecule is C=CC(CCC)c1ccc2c3ccccc3c3ccccc3c2c1. The minimum atomic E-state index is 0.435. The summed E-state index contributed by atoms with van der Waals surface area (Å²) in [6.45, 7) is 6.28. The van der Waals surface area contributed by atoms with Gasteiger partial charge in [0.1, 0.15) is 0 Å². The molecule has 0 aliphatic carbocycles. The van der Waals surface area contributed by atoms with Crippen LogP contribution in [-0.4, -0.2) is 0 Å². The zero-order chi connectivity index (χ0) is 16.5. The van der Waals surface area contributed by atoms with Gasteiger partial charge in [-0.1, -0.05) is 80.1 Å². The van der Waals surface area contributed by atoms with Gasteiger partial charge in [-0.05, 0) is 50.4 Å². The molecule has 0 amide bonds. The number of allylic oxidation sites excluding steroid dienone is 1. The molecule has 4 aromatic rings. The van der Waals surface area contributed by atoms with Gasteiger partial charge in [-0.3, -0.25) is 0 Å². The average molecular weight is 310 g/mol. The third-order valence-corrected chi connectivity index (χ3v) is 5.08. The predicted octanol–water partition coefficient (Wildman–Crippen LogP) is 7.22. The summed E-state index contributed by atoms with van der Waals surface area (Å²) in [5.41, 5.74) is 1.37. The van der Waals surface area contributed by atoms with E-state index in [0.717, 1.165) is 6.42 Å². The lowest BCUT2D eigenvalue weighted by Gasteiger charge is -2.15. The van der Waals surface area contributed by atoms with E-state index in [4.69, 9.17) is 0 Å². The molecule has 0 radical (unpaired) electrons. The second kappa shape index (κ2) is 6.13. The molecule has 0 spiro atoms. The highest BCUT2D eigenvalue weighted by atomic mass is 14.2. The molecule has 0 aromatic heterocycles. The summed E-state index contributed by atoms with van der Waals surface area (Å²) < 4.78 is 0. The van der Waals surface area contributed by atoms with Crippen molar-refractivity contribution < 1.29 is 0 Å². The second-order valence-corrected chi connectivity index (χ2v) is 6.53. The summed E-state index contributed by atoms with van der Waals surface area (Å²) in [7, 11) is 0. The van der Waals surface area contributed by atoms with Crippen LogP contribution < -0.4 is 0 Å². The van der Waals surface area contributed by atoms with E-state index in [9.17, 15) is 0 Å². The fraction of sp³-hybridized carbons (Fsp3) is 0.167. The van der Waals surface area contributed by atoms with Gasteiger partial charge in [0.25, 0.3) is 0 Å². The molecular weight excluding hydrogens is 288 g/mol. The molecule has 4 rings (SSSR count). The minimum Gasteiger partial charge on any atom is -0.102 e. The monoisotopic (exact) mass is 310 g/mol. The number of benzene rings is 4. The molecule has 24 heavy (non-hydrogen) atoms. The third kappa shape index (κ3) is 2.30. The largest absolute Gasteiger partial charge is 0.102 e. The van der Waals surface area contributed by atoms with Gasteiger partial charge < -0.3 is 0 Å². The zero-order valence-corrected chi connectivity index (χ0v) is 14.1. The lowest BCUT2D eigenvalue weighted by atomic mass is 9.89. The summed E-state index contributed by atoms with van der Waals surface area (Å²) in [6, 6.07) is 24.4. The Morgan fingerprint density at radius 2 is 1.25 bits per heavy atom. The maximum atomic E-state index is 4.05. The van der Waals surface area contributed by atoms with E-state index in [1.54, 1.807) is 0 Å². The van der Waals surface area contributed by atoms with Crippen LogP contribution in [0.15, 0.2) is 79.4 Å². The van der Waals surface area contributed by atoms with Crippen LogP contribution >= 0.6 is 0 Å². The van der Waals surface area contributed by atoms with Crippen LogP contribution in [0, 0.1) is 0 Å². The van der Waals surface area contributed by atoms with Crippen molar-refractivity contribution in [1.29, 1.82) is 0 Å². The van der Waals surface area contributed by atoms with Crippen LogP contribution in [-0.2, 0) is 0 Å². The average Bonchev–Trinajstić information content (AvgIpc) is 2.66. The molecule has 0 fully saturated rings. The van der Waals surface area contributed by atoms with Crippen molar-refractivity contribution in [3.63, 3.8) is 0 Å². The Morgan fingerprint density at radius 3 is 1.75 bits per heavy atom. The highest BCUT2D eigenvalue weighted by Gasteiger charge is 2.11. The molecule has 0 heteroatoms. The maximum Gasteiger partial charge on any atom is 0.00154 e. The fourth-order valence-electron chi connectivity index (χ4n) is 3.89. The summed E-state index contributed by atoms with van der Waals surface area (Å²) in [4.78, 5) is 0. The van der Waals surface area contributed by atoms with Crippen molar-refractivity contribution in [2.24, 2.45) is 0 Å². The van der Waals surface area contributed by atoms with Crippen LogP contribution in [0.1, 0.15) is 31.2 Å². The normalized spacial score (nSPS) is 12.7. The standard InChI is InChI=1S/C24H22/c1-3-9-17(4-2)18-14-15-23-21-12-6-5-10-19(21)20-11-7-8-13-22(20)24(23)16-18/h4-8,10-17H,2-3,9H2,1H3. The molecule has 0 aliphatic heterocycles. The lowest BCUT2D eigenvalue weighted by molar-refractivity contribution is 0.719. The van der Waals surface area contributed by atoms with E-state index in [0.29, 0.717) is 5.92 Å². The van der Waals surface area contributed by atoms with Gasteiger partial charge in [-0.2, -0.15) is 0 Å². The van der Waals surface area contributed by atoms with Gasteiger partial charge in [0.15, 0.2) is 0 Å². The molecule has 1 atom stereocenters. The third-order valence-electron chi connectivity index (χ3n) is 5.08. The Bertz CT molecular complexity index is 1000. The first kappa shape index (κ1) is 15.0. The smallest absolute Gasteiger partial charge is 0.00154 e. The van der Waals surface area contributed by atoms with E-state index in [-0.39, 0.29) is 0 Å². The molecule has 118 valence electrons. The van der Waals surface area contributed by atoms with Crippen molar-refractivity contribution in [3.8, 4) is 0 Å². The first-order valence-corrected chi connectivity index (χ1v) is 8.79. The highest BCUT2D eigenvalue weighted by Crippen LogP contribution is 2.36. The van der Waals surface area contributed by atoms with E-state index >= 15 is 0 Å². The number of hydrogen-bond acceptors (Lipinski definition) is 0. The van der Waals surface area contributed by atoms with Gasteiger partial charge in [0.05, 0.1) is 0 Å². The predicted molar refractivity (Wildman–Crippen MR) is 107 cm³/mol. The van der Waals surface area contributed by atoms with Gasteiger partial charge in [0, 0.05) is 5.92 Å². The van der Waals surface area contributed by atoms with E-state index in [1.165, 1.54) is 44.3 Å². The Labute approximate surface area is 143 Å². The van der Waals surface area contributed by atoms with Gasteiger partial charge in [-0.15, -0.1) is 6.58 Å². The molecule has 0 heterocycles. The molecule has 0 nitrogen and oxygen atoms in total. The van der Waals surface area contributed by atoms with Crippen molar-refractivity contribution in [1.82, 2.24) is 0 Å². The van der Waals surface area contributed by atoms with Crippen LogP contribution in [0.4, 0.5) is 0 Å². The van der Waals surface area contributed by atoms with Gasteiger partial charge in [0.2, 0.25) is 0 Å². The highest BCUT2D eigenvalue weighted by molar-refractivity contribution is 6.25. The quantitative estimate of drug-likeness (QED) is 0.276. The van der Waals surface area contributed by atoms with E-state index in [1.807, 2.05) is 0 Å². The summed E-state index contributed by atoms with van der Waals surface area (Å²) in [5, 5.41) is 8.04. The molecule has 1 unspecified atom stereocenters.